The zero-order valence-corrected chi connectivity index (χ0v) is 15.9. The van der Waals surface area contributed by atoms with Crippen molar-refractivity contribution in [3.05, 3.63) is 57.7 Å². The van der Waals surface area contributed by atoms with E-state index in [4.69, 9.17) is 11.6 Å². The van der Waals surface area contributed by atoms with Crippen molar-refractivity contribution in [1.29, 1.82) is 0 Å². The summed E-state index contributed by atoms with van der Waals surface area (Å²) < 4.78 is 46.5. The van der Waals surface area contributed by atoms with Crippen LogP contribution >= 0.6 is 27.5 Å². The number of alkyl halides is 3. The smallest absolute Gasteiger partial charge is 0.441 e. The average molecular weight is 467 g/mol. The molecule has 0 bridgehead atoms. The van der Waals surface area contributed by atoms with Crippen LogP contribution in [0.25, 0.3) is 0 Å². The molecule has 27 heavy (non-hydrogen) atoms. The first-order valence-electron chi connectivity index (χ1n) is 7.22. The normalized spacial score (nSPS) is 13.4. The standard InChI is InChI=1S/C16H12BrClF3N3O3/c1-27-14(26)15(16(19,20)21,23-12-7-4-10(17)8-22-12)24-13(25)9-2-5-11(18)6-3-9/h2-8H,1H3,(H,22,23)(H,24,25). The number of esters is 1. The third-order valence-electron chi connectivity index (χ3n) is 3.37. The maximum atomic E-state index is 13.9. The van der Waals surface area contributed by atoms with Crippen LogP contribution in [-0.4, -0.2) is 35.8 Å². The summed E-state index contributed by atoms with van der Waals surface area (Å²) in [5, 5.41) is 3.90. The zero-order chi connectivity index (χ0) is 20.2. The lowest BCUT2D eigenvalue weighted by atomic mass is 10.1. The third kappa shape index (κ3) is 4.69. The van der Waals surface area contributed by atoms with Gasteiger partial charge in [-0.3, -0.25) is 4.79 Å². The van der Waals surface area contributed by atoms with E-state index in [1.165, 1.54) is 42.6 Å². The van der Waals surface area contributed by atoms with Crippen molar-refractivity contribution >= 4 is 45.2 Å². The van der Waals surface area contributed by atoms with Gasteiger partial charge >= 0.3 is 17.8 Å². The lowest BCUT2D eigenvalue weighted by molar-refractivity contribution is -0.203. The SMILES string of the molecule is COC(=O)C(NC(=O)c1ccc(Cl)cc1)(Nc1ccc(Br)cn1)C(F)(F)F. The monoisotopic (exact) mass is 465 g/mol. The van der Waals surface area contributed by atoms with Gasteiger partial charge in [0.1, 0.15) is 5.82 Å². The number of rotatable bonds is 5. The fourth-order valence-corrected chi connectivity index (χ4v) is 2.39. The molecule has 0 aliphatic heterocycles. The number of carbonyl (C=O) groups excluding carboxylic acids is 2. The molecule has 0 radical (unpaired) electrons. The number of halogens is 5. The summed E-state index contributed by atoms with van der Waals surface area (Å²) in [6.45, 7) is 0. The van der Waals surface area contributed by atoms with Crippen molar-refractivity contribution in [2.45, 2.75) is 11.8 Å². The first-order valence-corrected chi connectivity index (χ1v) is 8.39. The molecule has 2 rings (SSSR count). The molecule has 1 aromatic heterocycles. The van der Waals surface area contributed by atoms with Crippen LogP contribution in [-0.2, 0) is 9.53 Å². The molecule has 0 aliphatic rings. The Morgan fingerprint density at radius 3 is 2.26 bits per heavy atom. The molecule has 1 heterocycles. The van der Waals surface area contributed by atoms with E-state index in [-0.39, 0.29) is 11.4 Å². The van der Waals surface area contributed by atoms with Gasteiger partial charge in [0.05, 0.1) is 7.11 Å². The minimum atomic E-state index is -5.25. The number of methoxy groups -OCH3 is 1. The molecule has 1 aromatic carbocycles. The number of aromatic nitrogens is 1. The van der Waals surface area contributed by atoms with Crippen molar-refractivity contribution in [2.24, 2.45) is 0 Å². The Bertz CT molecular complexity index is 832. The van der Waals surface area contributed by atoms with Gasteiger partial charge in [-0.1, -0.05) is 11.6 Å². The lowest BCUT2D eigenvalue weighted by Crippen LogP contribution is -2.69. The van der Waals surface area contributed by atoms with Crippen LogP contribution in [0, 0.1) is 0 Å². The first kappa shape index (κ1) is 21.0. The van der Waals surface area contributed by atoms with E-state index < -0.39 is 23.7 Å². The molecule has 2 aromatic rings. The number of carbonyl (C=O) groups is 2. The highest BCUT2D eigenvalue weighted by Crippen LogP contribution is 2.33. The Kier molecular flexibility index (Phi) is 6.32. The molecule has 1 amide bonds. The minimum Gasteiger partial charge on any atom is -0.466 e. The molecule has 2 N–H and O–H groups in total. The summed E-state index contributed by atoms with van der Waals surface area (Å²) in [7, 11) is 0.772. The van der Waals surface area contributed by atoms with Crippen molar-refractivity contribution in [3.63, 3.8) is 0 Å². The van der Waals surface area contributed by atoms with E-state index >= 15 is 0 Å². The molecule has 144 valence electrons. The molecule has 1 unspecified atom stereocenters. The molecule has 1 atom stereocenters. The molecule has 0 fully saturated rings. The highest BCUT2D eigenvalue weighted by Gasteiger charge is 2.63. The maximum absolute atomic E-state index is 13.9. The predicted molar refractivity (Wildman–Crippen MR) is 95.3 cm³/mol. The van der Waals surface area contributed by atoms with Crippen molar-refractivity contribution in [2.75, 3.05) is 12.4 Å². The Labute approximate surface area is 165 Å². The van der Waals surface area contributed by atoms with E-state index in [2.05, 4.69) is 25.7 Å². The van der Waals surface area contributed by atoms with Gasteiger partial charge < -0.3 is 15.4 Å². The first-order chi connectivity index (χ1) is 12.6. The molecule has 0 spiro atoms. The Morgan fingerprint density at radius 1 is 1.15 bits per heavy atom. The van der Waals surface area contributed by atoms with Gasteiger partial charge in [-0.25, -0.2) is 9.78 Å². The van der Waals surface area contributed by atoms with Crippen molar-refractivity contribution in [1.82, 2.24) is 10.3 Å². The van der Waals surface area contributed by atoms with Crippen LogP contribution in [0.4, 0.5) is 19.0 Å². The second-order valence-corrected chi connectivity index (χ2v) is 6.54. The Balaban J connectivity index is 2.46. The highest BCUT2D eigenvalue weighted by atomic mass is 79.9. The summed E-state index contributed by atoms with van der Waals surface area (Å²) in [5.74, 6) is -3.24. The van der Waals surface area contributed by atoms with E-state index in [1.54, 1.807) is 5.32 Å². The lowest BCUT2D eigenvalue weighted by Gasteiger charge is -2.34. The summed E-state index contributed by atoms with van der Waals surface area (Å²) in [6, 6.07) is 7.69. The van der Waals surface area contributed by atoms with Gasteiger partial charge in [0.25, 0.3) is 5.91 Å². The molecule has 0 saturated carbocycles. The van der Waals surface area contributed by atoms with Crippen molar-refractivity contribution < 1.29 is 27.5 Å². The van der Waals surface area contributed by atoms with Crippen LogP contribution in [0.1, 0.15) is 10.4 Å². The van der Waals surface area contributed by atoms with Gasteiger partial charge in [0.15, 0.2) is 0 Å². The number of amides is 1. The fraction of sp³-hybridized carbons (Fsp3) is 0.188. The van der Waals surface area contributed by atoms with E-state index in [9.17, 15) is 22.8 Å². The molecular formula is C16H12BrClF3N3O3. The molecule has 6 nitrogen and oxygen atoms in total. The number of ether oxygens (including phenoxy) is 1. The highest BCUT2D eigenvalue weighted by molar-refractivity contribution is 9.10. The summed E-state index contributed by atoms with van der Waals surface area (Å²) in [6.07, 6.45) is -4.03. The summed E-state index contributed by atoms with van der Waals surface area (Å²) in [5.41, 5.74) is -3.69. The molecule has 0 aliphatic carbocycles. The predicted octanol–water partition coefficient (Wildman–Crippen LogP) is 3.77. The zero-order valence-electron chi connectivity index (χ0n) is 13.6. The van der Waals surface area contributed by atoms with Crippen LogP contribution in [0.5, 0.6) is 0 Å². The number of nitrogens with one attached hydrogen (secondary N) is 2. The van der Waals surface area contributed by atoms with Gasteiger partial charge in [-0.05, 0) is 52.3 Å². The van der Waals surface area contributed by atoms with E-state index in [0.29, 0.717) is 9.50 Å². The number of benzene rings is 1. The van der Waals surface area contributed by atoms with Crippen LogP contribution < -0.4 is 10.6 Å². The average Bonchev–Trinajstić information content (AvgIpc) is 2.61. The van der Waals surface area contributed by atoms with Gasteiger partial charge in [-0.2, -0.15) is 13.2 Å². The summed E-state index contributed by atoms with van der Waals surface area (Å²) >= 11 is 8.80. The molecule has 0 saturated heterocycles. The summed E-state index contributed by atoms with van der Waals surface area (Å²) in [4.78, 5) is 28.2. The Hall–Kier alpha value is -2.33. The number of nitrogens with zero attached hydrogens (tertiary/aromatic N) is 1. The quantitative estimate of drug-likeness (QED) is 0.518. The third-order valence-corrected chi connectivity index (χ3v) is 4.09. The molecule has 11 heteroatoms. The largest absolute Gasteiger partial charge is 0.466 e. The second kappa shape index (κ2) is 8.13. The fourth-order valence-electron chi connectivity index (χ4n) is 2.03. The van der Waals surface area contributed by atoms with E-state index in [0.717, 1.165) is 7.11 Å². The van der Waals surface area contributed by atoms with Gasteiger partial charge in [0, 0.05) is 21.3 Å². The maximum Gasteiger partial charge on any atom is 0.441 e. The van der Waals surface area contributed by atoms with Crippen LogP contribution in [0.15, 0.2) is 47.1 Å². The number of pyridine rings is 1. The van der Waals surface area contributed by atoms with Gasteiger partial charge in [0.2, 0.25) is 0 Å². The number of hydrogen-bond acceptors (Lipinski definition) is 5. The van der Waals surface area contributed by atoms with Crippen LogP contribution in [0.2, 0.25) is 5.02 Å². The Morgan fingerprint density at radius 2 is 1.78 bits per heavy atom. The van der Waals surface area contributed by atoms with Crippen molar-refractivity contribution in [3.8, 4) is 0 Å². The van der Waals surface area contributed by atoms with Crippen LogP contribution in [0.3, 0.4) is 0 Å². The second-order valence-electron chi connectivity index (χ2n) is 5.19. The molecular weight excluding hydrogens is 455 g/mol. The topological polar surface area (TPSA) is 80.3 Å². The van der Waals surface area contributed by atoms with Gasteiger partial charge in [-0.15, -0.1) is 0 Å². The number of anilines is 1. The van der Waals surface area contributed by atoms with E-state index in [1.807, 2.05) is 5.32 Å². The number of hydrogen-bond donors (Lipinski definition) is 2. The minimum absolute atomic E-state index is 0.137.